The normalized spacial score (nSPS) is 7.75. The number of hydrogen-bond donors (Lipinski definition) is 1. The standard InChI is InChI=1S/C7H10O2.CHNO/c1-3-5-6-7(8)9-4-2;2-1-3/h3,5-6H,1,4H2,2H3;2H. The Morgan fingerprint density at radius 3 is 2.58 bits per heavy atom. The van der Waals surface area contributed by atoms with Crippen LogP contribution in [0, 0.1) is 5.41 Å². The van der Waals surface area contributed by atoms with E-state index in [4.69, 9.17) is 10.2 Å². The van der Waals surface area contributed by atoms with E-state index in [2.05, 4.69) is 11.3 Å². The first-order chi connectivity index (χ1) is 5.72. The van der Waals surface area contributed by atoms with Gasteiger partial charge in [-0.25, -0.2) is 15.0 Å². The SMILES string of the molecule is C=CC=CC(=O)OCC.N=C=O. The van der Waals surface area contributed by atoms with Gasteiger partial charge in [0.05, 0.1) is 6.61 Å². The van der Waals surface area contributed by atoms with Crippen LogP contribution in [0.25, 0.3) is 0 Å². The molecule has 66 valence electrons. The molecule has 1 N–H and O–H groups in total. The van der Waals surface area contributed by atoms with Gasteiger partial charge < -0.3 is 4.74 Å². The summed E-state index contributed by atoms with van der Waals surface area (Å²) in [6.07, 6.45) is 5.14. The van der Waals surface area contributed by atoms with Crippen molar-refractivity contribution >= 4 is 12.0 Å². The number of esters is 1. The Balaban J connectivity index is 0. The van der Waals surface area contributed by atoms with Crippen LogP contribution >= 0.6 is 0 Å². The van der Waals surface area contributed by atoms with Gasteiger partial charge in [0.15, 0.2) is 0 Å². The smallest absolute Gasteiger partial charge is 0.330 e. The van der Waals surface area contributed by atoms with E-state index in [1.54, 1.807) is 6.92 Å². The molecule has 0 unspecified atom stereocenters. The molecule has 0 aliphatic heterocycles. The van der Waals surface area contributed by atoms with Gasteiger partial charge in [0.1, 0.15) is 0 Å². The zero-order chi connectivity index (χ0) is 9.82. The van der Waals surface area contributed by atoms with Gasteiger partial charge in [-0.2, -0.15) is 0 Å². The number of allylic oxidation sites excluding steroid dienone is 2. The minimum atomic E-state index is -0.322. The summed E-state index contributed by atoms with van der Waals surface area (Å²) < 4.78 is 4.57. The van der Waals surface area contributed by atoms with Gasteiger partial charge in [0.25, 0.3) is 0 Å². The summed E-state index contributed by atoms with van der Waals surface area (Å²) in [5, 5.41) is 5.40. The van der Waals surface area contributed by atoms with Gasteiger partial charge >= 0.3 is 5.97 Å². The molecule has 4 heteroatoms. The van der Waals surface area contributed by atoms with Crippen LogP contribution in [0.5, 0.6) is 0 Å². The molecule has 0 fully saturated rings. The Labute approximate surface area is 71.0 Å². The van der Waals surface area contributed by atoms with Crippen molar-refractivity contribution in [3.63, 3.8) is 0 Å². The second-order valence-corrected chi connectivity index (χ2v) is 1.45. The number of carbonyl (C=O) groups excluding carboxylic acids is 2. The topological polar surface area (TPSA) is 67.2 Å². The fourth-order valence-corrected chi connectivity index (χ4v) is 0.337. The predicted molar refractivity (Wildman–Crippen MR) is 44.4 cm³/mol. The molecule has 0 aromatic heterocycles. The van der Waals surface area contributed by atoms with Crippen LogP contribution in [0.15, 0.2) is 24.8 Å². The van der Waals surface area contributed by atoms with Crippen LogP contribution in [-0.4, -0.2) is 18.7 Å². The molecule has 0 saturated heterocycles. The van der Waals surface area contributed by atoms with Gasteiger partial charge in [-0.1, -0.05) is 18.7 Å². The molecule has 12 heavy (non-hydrogen) atoms. The highest BCUT2D eigenvalue weighted by Gasteiger charge is 1.88. The van der Waals surface area contributed by atoms with E-state index in [1.165, 1.54) is 18.2 Å². The molecule has 0 spiro atoms. The Bertz CT molecular complexity index is 190. The van der Waals surface area contributed by atoms with E-state index in [-0.39, 0.29) is 5.97 Å². The fraction of sp³-hybridized carbons (Fsp3) is 0.250. The highest BCUT2D eigenvalue weighted by molar-refractivity contribution is 5.82. The molecule has 0 rings (SSSR count). The lowest BCUT2D eigenvalue weighted by molar-refractivity contribution is -0.137. The molecular weight excluding hydrogens is 158 g/mol. The van der Waals surface area contributed by atoms with E-state index >= 15 is 0 Å². The molecule has 0 amide bonds. The molecule has 0 bridgehead atoms. The zero-order valence-corrected chi connectivity index (χ0v) is 6.87. The molecule has 0 aliphatic carbocycles. The molecule has 0 saturated carbocycles. The second-order valence-electron chi connectivity index (χ2n) is 1.45. The summed E-state index contributed by atoms with van der Waals surface area (Å²) in [4.78, 5) is 18.8. The van der Waals surface area contributed by atoms with Crippen molar-refractivity contribution in [1.29, 1.82) is 5.41 Å². The van der Waals surface area contributed by atoms with Gasteiger partial charge in [-0.15, -0.1) is 0 Å². The van der Waals surface area contributed by atoms with E-state index in [0.717, 1.165) is 6.08 Å². The van der Waals surface area contributed by atoms with E-state index in [9.17, 15) is 4.79 Å². The maximum atomic E-state index is 10.4. The summed E-state index contributed by atoms with van der Waals surface area (Å²) in [5.74, 6) is -0.322. The molecular formula is C8H11NO3. The lowest BCUT2D eigenvalue weighted by Crippen LogP contribution is -1.98. The van der Waals surface area contributed by atoms with Crippen molar-refractivity contribution < 1.29 is 14.3 Å². The van der Waals surface area contributed by atoms with Crippen molar-refractivity contribution in [3.8, 4) is 0 Å². The summed E-state index contributed by atoms with van der Waals surface area (Å²) in [6, 6.07) is 0. The Kier molecular flexibility index (Phi) is 13.0. The van der Waals surface area contributed by atoms with E-state index in [0.29, 0.717) is 6.61 Å². The average molecular weight is 169 g/mol. The van der Waals surface area contributed by atoms with Gasteiger partial charge in [-0.05, 0) is 6.92 Å². The van der Waals surface area contributed by atoms with Gasteiger partial charge in [0, 0.05) is 6.08 Å². The number of hydrogen-bond acceptors (Lipinski definition) is 4. The van der Waals surface area contributed by atoms with E-state index < -0.39 is 0 Å². The van der Waals surface area contributed by atoms with Crippen LogP contribution in [0.2, 0.25) is 0 Å². The molecule has 0 radical (unpaired) electrons. The molecule has 0 heterocycles. The number of rotatable bonds is 3. The van der Waals surface area contributed by atoms with E-state index in [1.807, 2.05) is 0 Å². The van der Waals surface area contributed by atoms with Crippen molar-refractivity contribution in [2.75, 3.05) is 6.61 Å². The highest BCUT2D eigenvalue weighted by atomic mass is 16.5. The van der Waals surface area contributed by atoms with Crippen LogP contribution in [-0.2, 0) is 14.3 Å². The second kappa shape index (κ2) is 12.0. The zero-order valence-electron chi connectivity index (χ0n) is 6.87. The maximum Gasteiger partial charge on any atom is 0.330 e. The molecule has 0 aliphatic rings. The predicted octanol–water partition coefficient (Wildman–Crippen LogP) is 1.19. The number of isocyanates is 1. The molecule has 0 aromatic rings. The molecule has 0 atom stereocenters. The number of carbonyl (C=O) groups is 1. The van der Waals surface area contributed by atoms with Crippen LogP contribution in [0.3, 0.4) is 0 Å². The van der Waals surface area contributed by atoms with Crippen LogP contribution < -0.4 is 0 Å². The Morgan fingerprint density at radius 2 is 2.25 bits per heavy atom. The van der Waals surface area contributed by atoms with Crippen molar-refractivity contribution in [1.82, 2.24) is 0 Å². The minimum Gasteiger partial charge on any atom is -0.463 e. The largest absolute Gasteiger partial charge is 0.463 e. The molecule has 4 nitrogen and oxygen atoms in total. The first kappa shape index (κ1) is 13.0. The Morgan fingerprint density at radius 1 is 1.75 bits per heavy atom. The fourth-order valence-electron chi connectivity index (χ4n) is 0.337. The summed E-state index contributed by atoms with van der Waals surface area (Å²) in [7, 11) is 0. The monoisotopic (exact) mass is 169 g/mol. The highest BCUT2D eigenvalue weighted by Crippen LogP contribution is 1.80. The minimum absolute atomic E-state index is 0.322. The first-order valence-electron chi connectivity index (χ1n) is 3.22. The summed E-state index contributed by atoms with van der Waals surface area (Å²) in [5.41, 5.74) is 0. The quantitative estimate of drug-likeness (QED) is 0.227. The molecule has 0 aromatic carbocycles. The Hall–Kier alpha value is -1.67. The van der Waals surface area contributed by atoms with Crippen LogP contribution in [0.1, 0.15) is 6.92 Å². The lowest BCUT2D eigenvalue weighted by Gasteiger charge is -1.91. The lowest BCUT2D eigenvalue weighted by atomic mass is 10.5. The third kappa shape index (κ3) is 15.8. The third-order valence-electron chi connectivity index (χ3n) is 0.655. The first-order valence-corrected chi connectivity index (χ1v) is 3.22. The number of nitrogens with one attached hydrogen (secondary N) is 1. The average Bonchev–Trinajstić information content (AvgIpc) is 2.03. The maximum absolute atomic E-state index is 10.4. The van der Waals surface area contributed by atoms with Crippen molar-refractivity contribution in [2.45, 2.75) is 6.92 Å². The van der Waals surface area contributed by atoms with Gasteiger partial charge in [-0.3, -0.25) is 0 Å². The van der Waals surface area contributed by atoms with Crippen molar-refractivity contribution in [2.24, 2.45) is 0 Å². The van der Waals surface area contributed by atoms with Gasteiger partial charge in [0.2, 0.25) is 6.08 Å². The summed E-state index contributed by atoms with van der Waals surface area (Å²) >= 11 is 0. The third-order valence-corrected chi connectivity index (χ3v) is 0.655. The summed E-state index contributed by atoms with van der Waals surface area (Å²) in [6.45, 7) is 5.58. The van der Waals surface area contributed by atoms with Crippen LogP contribution in [0.4, 0.5) is 0 Å². The number of ether oxygens (including phenoxy) is 1. The van der Waals surface area contributed by atoms with Crippen molar-refractivity contribution in [3.05, 3.63) is 24.8 Å².